The van der Waals surface area contributed by atoms with E-state index in [9.17, 15) is 4.79 Å². The maximum Gasteiger partial charge on any atom is 0.228 e. The Kier molecular flexibility index (Phi) is 4.53. The highest BCUT2D eigenvalue weighted by Gasteiger charge is 2.12. The zero-order chi connectivity index (χ0) is 18.0. The third-order valence-electron chi connectivity index (χ3n) is 4.09. The molecule has 0 unspecified atom stereocenters. The number of hydrogen-bond acceptors (Lipinski definition) is 3. The molecule has 1 amide bonds. The number of hydrogen-bond donors (Lipinski definition) is 1. The summed E-state index contributed by atoms with van der Waals surface area (Å²) in [6.07, 6.45) is 0.264. The summed E-state index contributed by atoms with van der Waals surface area (Å²) in [4.78, 5) is 16.9. The smallest absolute Gasteiger partial charge is 0.228 e. The molecule has 25 heavy (non-hydrogen) atoms. The molecule has 0 aliphatic rings. The van der Waals surface area contributed by atoms with Crippen LogP contribution in [0.15, 0.2) is 42.5 Å². The van der Waals surface area contributed by atoms with E-state index in [-0.39, 0.29) is 12.3 Å². The minimum atomic E-state index is -0.116. The fourth-order valence-electron chi connectivity index (χ4n) is 3.08. The van der Waals surface area contributed by atoms with E-state index in [1.54, 1.807) is 24.3 Å². The highest BCUT2D eigenvalue weighted by Crippen LogP contribution is 2.22. The first kappa shape index (κ1) is 16.7. The lowest BCUT2D eigenvalue weighted by atomic mass is 10.1. The molecule has 0 saturated heterocycles. The zero-order valence-corrected chi connectivity index (χ0v) is 14.6. The maximum absolute atomic E-state index is 12.3. The average molecular weight is 332 g/mol. The Labute approximate surface area is 146 Å². The Morgan fingerprint density at radius 2 is 2.08 bits per heavy atom. The van der Waals surface area contributed by atoms with E-state index in [4.69, 9.17) is 5.26 Å². The number of nitrogens with zero attached hydrogens (tertiary/aromatic N) is 3. The fourth-order valence-corrected chi connectivity index (χ4v) is 3.08. The van der Waals surface area contributed by atoms with Crippen LogP contribution in [0.25, 0.3) is 11.0 Å². The van der Waals surface area contributed by atoms with E-state index in [0.717, 1.165) is 22.4 Å². The van der Waals surface area contributed by atoms with Crippen molar-refractivity contribution in [1.82, 2.24) is 9.55 Å². The number of aromatic nitrogens is 2. The lowest BCUT2D eigenvalue weighted by Gasteiger charge is -2.11. The molecule has 1 heterocycles. The van der Waals surface area contributed by atoms with E-state index >= 15 is 0 Å². The highest BCUT2D eigenvalue weighted by atomic mass is 16.1. The fraction of sp³-hybridized carbons (Fsp3) is 0.250. The zero-order valence-electron chi connectivity index (χ0n) is 14.6. The van der Waals surface area contributed by atoms with Crippen LogP contribution in [0.5, 0.6) is 0 Å². The summed E-state index contributed by atoms with van der Waals surface area (Å²) >= 11 is 0. The van der Waals surface area contributed by atoms with Crippen LogP contribution in [-0.2, 0) is 11.2 Å². The van der Waals surface area contributed by atoms with Crippen molar-refractivity contribution in [3.63, 3.8) is 0 Å². The molecule has 0 radical (unpaired) electrons. The van der Waals surface area contributed by atoms with Gasteiger partial charge in [0.15, 0.2) is 0 Å². The van der Waals surface area contributed by atoms with Crippen LogP contribution in [0.2, 0.25) is 0 Å². The standard InChI is InChI=1S/C20H20N4O/c1-13(2)24-14(3)22-18-10-15(7-8-19(18)24)11-20(25)23-17-6-4-5-16(9-17)12-21/h4-10,13H,11H2,1-3H3,(H,23,25). The van der Waals surface area contributed by atoms with Crippen LogP contribution in [0, 0.1) is 18.3 Å². The summed E-state index contributed by atoms with van der Waals surface area (Å²) < 4.78 is 2.19. The highest BCUT2D eigenvalue weighted by molar-refractivity contribution is 5.93. The van der Waals surface area contributed by atoms with Crippen LogP contribution >= 0.6 is 0 Å². The summed E-state index contributed by atoms with van der Waals surface area (Å²) in [6, 6.07) is 15.2. The Bertz CT molecular complexity index is 979. The van der Waals surface area contributed by atoms with Crippen molar-refractivity contribution >= 4 is 22.6 Å². The molecule has 0 bridgehead atoms. The monoisotopic (exact) mass is 332 g/mol. The van der Waals surface area contributed by atoms with Crippen molar-refractivity contribution in [1.29, 1.82) is 5.26 Å². The summed E-state index contributed by atoms with van der Waals surface area (Å²) in [7, 11) is 0. The molecular weight excluding hydrogens is 312 g/mol. The van der Waals surface area contributed by atoms with Gasteiger partial charge in [-0.3, -0.25) is 4.79 Å². The normalized spacial score (nSPS) is 10.8. The maximum atomic E-state index is 12.3. The van der Waals surface area contributed by atoms with Gasteiger partial charge in [0.1, 0.15) is 5.82 Å². The number of aryl methyl sites for hydroxylation is 1. The van der Waals surface area contributed by atoms with Crippen LogP contribution in [0.3, 0.4) is 0 Å². The molecule has 3 aromatic rings. The number of imidazole rings is 1. The van der Waals surface area contributed by atoms with Crippen LogP contribution in [-0.4, -0.2) is 15.5 Å². The van der Waals surface area contributed by atoms with E-state index in [1.807, 2.05) is 25.1 Å². The number of nitrogens with one attached hydrogen (secondary N) is 1. The molecule has 0 aliphatic heterocycles. The van der Waals surface area contributed by atoms with Crippen molar-refractivity contribution in [3.8, 4) is 6.07 Å². The van der Waals surface area contributed by atoms with E-state index in [0.29, 0.717) is 17.3 Å². The van der Waals surface area contributed by atoms with Gasteiger partial charge in [0.05, 0.1) is 29.1 Å². The summed E-state index contributed by atoms with van der Waals surface area (Å²) in [5, 5.41) is 11.8. The van der Waals surface area contributed by atoms with Gasteiger partial charge in [0.2, 0.25) is 5.91 Å². The molecule has 2 aromatic carbocycles. The Morgan fingerprint density at radius 3 is 2.80 bits per heavy atom. The molecule has 0 fully saturated rings. The summed E-state index contributed by atoms with van der Waals surface area (Å²) in [5.74, 6) is 0.856. The van der Waals surface area contributed by atoms with Gasteiger partial charge in [0, 0.05) is 11.7 Å². The number of carbonyl (C=O) groups is 1. The minimum Gasteiger partial charge on any atom is -0.326 e. The van der Waals surface area contributed by atoms with Crippen molar-refractivity contribution < 1.29 is 4.79 Å². The number of fused-ring (bicyclic) bond motifs is 1. The summed E-state index contributed by atoms with van der Waals surface area (Å²) in [5.41, 5.74) is 4.05. The number of anilines is 1. The first-order valence-corrected chi connectivity index (χ1v) is 8.25. The number of carbonyl (C=O) groups excluding carboxylic acids is 1. The van der Waals surface area contributed by atoms with Gasteiger partial charge in [-0.05, 0) is 56.7 Å². The average Bonchev–Trinajstić information content (AvgIpc) is 2.90. The second-order valence-corrected chi connectivity index (χ2v) is 6.36. The first-order chi connectivity index (χ1) is 12.0. The molecule has 0 saturated carbocycles. The molecule has 5 nitrogen and oxygen atoms in total. The van der Waals surface area contributed by atoms with Crippen LogP contribution in [0.1, 0.15) is 36.8 Å². The quantitative estimate of drug-likeness (QED) is 0.785. The Morgan fingerprint density at radius 1 is 1.28 bits per heavy atom. The lowest BCUT2D eigenvalue weighted by Crippen LogP contribution is -2.14. The number of benzene rings is 2. The van der Waals surface area contributed by atoms with Crippen molar-refractivity contribution in [2.45, 2.75) is 33.2 Å². The third-order valence-corrected chi connectivity index (χ3v) is 4.09. The Hall–Kier alpha value is -3.13. The van der Waals surface area contributed by atoms with E-state index < -0.39 is 0 Å². The second-order valence-electron chi connectivity index (χ2n) is 6.36. The lowest BCUT2D eigenvalue weighted by molar-refractivity contribution is -0.115. The molecule has 1 aromatic heterocycles. The second kappa shape index (κ2) is 6.78. The molecule has 0 aliphatic carbocycles. The minimum absolute atomic E-state index is 0.116. The van der Waals surface area contributed by atoms with Gasteiger partial charge in [-0.2, -0.15) is 5.26 Å². The van der Waals surface area contributed by atoms with Gasteiger partial charge in [-0.15, -0.1) is 0 Å². The van der Waals surface area contributed by atoms with Gasteiger partial charge in [-0.1, -0.05) is 12.1 Å². The first-order valence-electron chi connectivity index (χ1n) is 8.25. The number of nitriles is 1. The topological polar surface area (TPSA) is 70.7 Å². The van der Waals surface area contributed by atoms with Crippen molar-refractivity contribution in [3.05, 3.63) is 59.4 Å². The van der Waals surface area contributed by atoms with Crippen LogP contribution in [0.4, 0.5) is 5.69 Å². The molecule has 1 N–H and O–H groups in total. The van der Waals surface area contributed by atoms with E-state index in [2.05, 4.69) is 34.8 Å². The largest absolute Gasteiger partial charge is 0.326 e. The predicted molar refractivity (Wildman–Crippen MR) is 98.3 cm³/mol. The number of rotatable bonds is 4. The predicted octanol–water partition coefficient (Wildman–Crippen LogP) is 3.98. The molecule has 5 heteroatoms. The van der Waals surface area contributed by atoms with Gasteiger partial charge >= 0.3 is 0 Å². The molecule has 0 atom stereocenters. The third kappa shape index (κ3) is 3.53. The molecule has 3 rings (SSSR count). The van der Waals surface area contributed by atoms with Gasteiger partial charge in [-0.25, -0.2) is 4.98 Å². The summed E-state index contributed by atoms with van der Waals surface area (Å²) in [6.45, 7) is 6.25. The van der Waals surface area contributed by atoms with Crippen LogP contribution < -0.4 is 5.32 Å². The number of amides is 1. The van der Waals surface area contributed by atoms with Gasteiger partial charge in [0.25, 0.3) is 0 Å². The molecular formula is C20H20N4O. The molecule has 126 valence electrons. The Balaban J connectivity index is 1.78. The SMILES string of the molecule is Cc1nc2cc(CC(=O)Nc3cccc(C#N)c3)ccc2n1C(C)C. The molecule has 0 spiro atoms. The van der Waals surface area contributed by atoms with Crippen molar-refractivity contribution in [2.24, 2.45) is 0 Å². The van der Waals surface area contributed by atoms with Gasteiger partial charge < -0.3 is 9.88 Å². The van der Waals surface area contributed by atoms with Crippen molar-refractivity contribution in [2.75, 3.05) is 5.32 Å². The van der Waals surface area contributed by atoms with E-state index in [1.165, 1.54) is 0 Å².